The van der Waals surface area contributed by atoms with E-state index in [1.165, 1.54) is 0 Å². The fraction of sp³-hybridized carbons (Fsp3) is 1.00. The molecule has 0 aliphatic rings. The van der Waals surface area contributed by atoms with Crippen LogP contribution in [-0.2, 0) is 0 Å². The fourth-order valence-electron chi connectivity index (χ4n) is 0. The summed E-state index contributed by atoms with van der Waals surface area (Å²) in [5.74, 6) is 0. The van der Waals surface area contributed by atoms with Gasteiger partial charge in [-0.3, -0.25) is 0 Å². The molecule has 2 nitrogen and oxygen atoms in total. The predicted octanol–water partition coefficient (Wildman–Crippen LogP) is -2.84. The molecule has 0 bridgehead atoms. The Morgan fingerprint density at radius 3 is 2.20 bits per heavy atom. The SMILES string of the molecule is CN([SiH3])[SiH2]N. The molecule has 0 heterocycles. The lowest BCUT2D eigenvalue weighted by atomic mass is 11.6. The third-order valence-electron chi connectivity index (χ3n) is 0.365. The summed E-state index contributed by atoms with van der Waals surface area (Å²) < 4.78 is 2.18. The Balaban J connectivity index is 2.54. The second-order valence-corrected chi connectivity index (χ2v) is 5.68. The summed E-state index contributed by atoms with van der Waals surface area (Å²) in [4.78, 5) is 0. The third-order valence-corrected chi connectivity index (χ3v) is 2.19. The van der Waals surface area contributed by atoms with E-state index < -0.39 is 0 Å². The molecule has 0 saturated heterocycles. The molecule has 2 N–H and O–H groups in total. The lowest BCUT2D eigenvalue weighted by Crippen LogP contribution is -2.26. The van der Waals surface area contributed by atoms with Crippen LogP contribution in [0.3, 0.4) is 0 Å². The first-order valence-corrected chi connectivity index (χ1v) is 3.96. The minimum Gasteiger partial charge on any atom is -0.349 e. The van der Waals surface area contributed by atoms with Crippen LogP contribution in [0.5, 0.6) is 0 Å². The van der Waals surface area contributed by atoms with E-state index in [4.69, 9.17) is 5.40 Å². The molecule has 0 unspecified atom stereocenters. The summed E-state index contributed by atoms with van der Waals surface area (Å²) in [6.07, 6.45) is 0. The molecular weight excluding hydrogens is 96.2 g/mol. The largest absolute Gasteiger partial charge is 0.349 e. The molecule has 0 rings (SSSR count). The Bertz CT molecular complexity index is 21.6. The molecule has 0 spiro atoms. The summed E-state index contributed by atoms with van der Waals surface area (Å²) in [7, 11) is 2.94. The van der Waals surface area contributed by atoms with Crippen molar-refractivity contribution < 1.29 is 0 Å². The van der Waals surface area contributed by atoms with Crippen molar-refractivity contribution in [3.63, 3.8) is 0 Å². The number of nitrogens with zero attached hydrogens (tertiary/aromatic N) is 1. The van der Waals surface area contributed by atoms with Crippen molar-refractivity contribution in [3.8, 4) is 0 Å². The van der Waals surface area contributed by atoms with Crippen LogP contribution in [0.4, 0.5) is 0 Å². The average molecular weight is 106 g/mol. The van der Waals surface area contributed by atoms with E-state index in [1.807, 2.05) is 0 Å². The van der Waals surface area contributed by atoms with Crippen LogP contribution in [0.25, 0.3) is 0 Å². The smallest absolute Gasteiger partial charge is 0.160 e. The van der Waals surface area contributed by atoms with Gasteiger partial charge in [0.15, 0.2) is 9.84 Å². The van der Waals surface area contributed by atoms with Crippen molar-refractivity contribution in [2.24, 2.45) is 5.40 Å². The number of hydrogen-bond acceptors (Lipinski definition) is 2. The molecule has 4 heteroatoms. The van der Waals surface area contributed by atoms with Crippen molar-refractivity contribution in [1.29, 1.82) is 0 Å². The molecule has 0 aromatic carbocycles. The van der Waals surface area contributed by atoms with Gasteiger partial charge in [0, 0.05) is 0 Å². The van der Waals surface area contributed by atoms with Crippen LogP contribution >= 0.6 is 0 Å². The van der Waals surface area contributed by atoms with Gasteiger partial charge < -0.3 is 9.63 Å². The third kappa shape index (κ3) is 4.35. The summed E-state index contributed by atoms with van der Waals surface area (Å²) in [5.41, 5.74) is 0. The number of hydrogen-bond donors (Lipinski definition) is 1. The summed E-state index contributed by atoms with van der Waals surface area (Å²) in [5, 5.41) is 5.27. The van der Waals surface area contributed by atoms with Crippen molar-refractivity contribution >= 4 is 20.2 Å². The minimum atomic E-state index is -0.256. The Morgan fingerprint density at radius 2 is 2.20 bits per heavy atom. The van der Waals surface area contributed by atoms with Gasteiger partial charge in [-0.1, -0.05) is 0 Å². The van der Waals surface area contributed by atoms with Crippen LogP contribution in [0.2, 0.25) is 0 Å². The molecule has 0 saturated carbocycles. The zero-order valence-corrected chi connectivity index (χ0v) is 7.15. The summed E-state index contributed by atoms with van der Waals surface area (Å²) in [6, 6.07) is 0. The van der Waals surface area contributed by atoms with Gasteiger partial charge in [-0.2, -0.15) is 0 Å². The molecule has 5 heavy (non-hydrogen) atoms. The van der Waals surface area contributed by atoms with Gasteiger partial charge in [0.25, 0.3) is 0 Å². The van der Waals surface area contributed by atoms with Crippen LogP contribution in [0, 0.1) is 0 Å². The number of rotatable bonds is 1. The molecule has 32 valence electrons. The first-order valence-electron chi connectivity index (χ1n) is 1.62. The minimum absolute atomic E-state index is 0.256. The van der Waals surface area contributed by atoms with E-state index in [-0.39, 0.29) is 9.84 Å². The monoisotopic (exact) mass is 106 g/mol. The molecule has 0 aliphatic carbocycles. The first-order chi connectivity index (χ1) is 2.27. The van der Waals surface area contributed by atoms with Crippen LogP contribution in [0.15, 0.2) is 0 Å². The van der Waals surface area contributed by atoms with Gasteiger partial charge in [-0.25, -0.2) is 0 Å². The van der Waals surface area contributed by atoms with E-state index in [0.717, 1.165) is 10.4 Å². The zero-order valence-electron chi connectivity index (χ0n) is 3.73. The van der Waals surface area contributed by atoms with Gasteiger partial charge in [-0.05, 0) is 7.05 Å². The first kappa shape index (κ1) is 5.35. The molecule has 0 fully saturated rings. The Morgan fingerprint density at radius 1 is 2.00 bits per heavy atom. The van der Waals surface area contributed by atoms with Gasteiger partial charge in [-0.15, -0.1) is 0 Å². The average Bonchev–Trinajstić information content (AvgIpc) is 1.38. The van der Waals surface area contributed by atoms with Crippen molar-refractivity contribution in [3.05, 3.63) is 0 Å². The Kier molecular flexibility index (Phi) is 2.77. The molecule has 0 aromatic rings. The zero-order chi connectivity index (χ0) is 4.28. The molecule has 0 atom stereocenters. The highest BCUT2D eigenvalue weighted by Crippen LogP contribution is 1.49. The lowest BCUT2D eigenvalue weighted by molar-refractivity contribution is 0.866. The van der Waals surface area contributed by atoms with E-state index in [1.54, 1.807) is 0 Å². The van der Waals surface area contributed by atoms with Gasteiger partial charge in [0.2, 0.25) is 0 Å². The topological polar surface area (TPSA) is 29.3 Å². The van der Waals surface area contributed by atoms with E-state index in [2.05, 4.69) is 11.3 Å². The van der Waals surface area contributed by atoms with Crippen molar-refractivity contribution in [2.45, 2.75) is 0 Å². The van der Waals surface area contributed by atoms with Crippen molar-refractivity contribution in [2.75, 3.05) is 7.05 Å². The van der Waals surface area contributed by atoms with Crippen molar-refractivity contribution in [1.82, 2.24) is 4.23 Å². The van der Waals surface area contributed by atoms with Gasteiger partial charge in [0.05, 0.1) is 10.4 Å². The van der Waals surface area contributed by atoms with E-state index >= 15 is 0 Å². The second kappa shape index (κ2) is 2.58. The number of nitrogens with two attached hydrogens (primary N) is 1. The quantitative estimate of drug-likeness (QED) is 0.365. The van der Waals surface area contributed by atoms with Gasteiger partial charge in [0.1, 0.15) is 0 Å². The molecule has 0 aliphatic heterocycles. The highest BCUT2D eigenvalue weighted by atomic mass is 28.3. The maximum atomic E-state index is 5.27. The molecule has 0 aromatic heterocycles. The highest BCUT2D eigenvalue weighted by Gasteiger charge is 1.74. The maximum Gasteiger partial charge on any atom is 0.160 e. The van der Waals surface area contributed by atoms with E-state index in [0.29, 0.717) is 0 Å². The molecule has 0 amide bonds. The summed E-state index contributed by atoms with van der Waals surface area (Å²) >= 11 is 0. The normalized spacial score (nSPS) is 12.6. The van der Waals surface area contributed by atoms with Crippen LogP contribution < -0.4 is 5.40 Å². The predicted molar refractivity (Wildman–Crippen MR) is 30.4 cm³/mol. The van der Waals surface area contributed by atoms with Gasteiger partial charge >= 0.3 is 0 Å². The fourth-order valence-corrected chi connectivity index (χ4v) is 0. The lowest BCUT2D eigenvalue weighted by Gasteiger charge is -1.99. The van der Waals surface area contributed by atoms with Crippen LogP contribution in [-0.4, -0.2) is 31.5 Å². The van der Waals surface area contributed by atoms with E-state index in [9.17, 15) is 0 Å². The Labute approximate surface area is 37.8 Å². The molecule has 0 radical (unpaired) electrons. The maximum absolute atomic E-state index is 5.27. The highest BCUT2D eigenvalue weighted by molar-refractivity contribution is 6.38. The second-order valence-electron chi connectivity index (χ2n) is 1.26. The molecular formula is CH10N2Si2. The van der Waals surface area contributed by atoms with Crippen LogP contribution in [0.1, 0.15) is 0 Å². The standard InChI is InChI=1S/CH10N2Si2/c1-3(4)5-2/h2,5H2,1,4H3. The summed E-state index contributed by atoms with van der Waals surface area (Å²) in [6.45, 7) is 0. The Hall–Kier alpha value is 0.354.